The van der Waals surface area contributed by atoms with Crippen LogP contribution in [-0.4, -0.2) is 28.3 Å². The van der Waals surface area contributed by atoms with Crippen molar-refractivity contribution in [2.45, 2.75) is 40.2 Å². The maximum Gasteiger partial charge on any atom is 0.244 e. The van der Waals surface area contributed by atoms with Crippen LogP contribution in [0.3, 0.4) is 0 Å². The Hall–Kier alpha value is -2.17. The van der Waals surface area contributed by atoms with E-state index in [2.05, 4.69) is 58.3 Å². The van der Waals surface area contributed by atoms with Gasteiger partial charge in [-0.15, -0.1) is 5.10 Å². The van der Waals surface area contributed by atoms with E-state index in [0.29, 0.717) is 12.5 Å². The van der Waals surface area contributed by atoms with E-state index in [1.54, 1.807) is 6.20 Å². The van der Waals surface area contributed by atoms with Crippen LogP contribution in [0.4, 0.5) is 11.8 Å². The summed E-state index contributed by atoms with van der Waals surface area (Å²) in [6, 6.07) is 8.31. The Morgan fingerprint density at radius 1 is 1.09 bits per heavy atom. The maximum atomic E-state index is 4.60. The monoisotopic (exact) mass is 299 g/mol. The molecule has 5 heteroatoms. The summed E-state index contributed by atoms with van der Waals surface area (Å²) in [5.74, 6) is 1.48. The van der Waals surface area contributed by atoms with Crippen molar-refractivity contribution in [2.75, 3.05) is 23.3 Å². The van der Waals surface area contributed by atoms with Gasteiger partial charge in [0.05, 0.1) is 6.20 Å². The molecule has 1 N–H and O–H groups in total. The van der Waals surface area contributed by atoms with Gasteiger partial charge in [0.15, 0.2) is 5.82 Å². The Labute approximate surface area is 132 Å². The molecule has 118 valence electrons. The number of nitrogens with zero attached hydrogens (tertiary/aromatic N) is 4. The summed E-state index contributed by atoms with van der Waals surface area (Å²) in [4.78, 5) is 6.85. The van der Waals surface area contributed by atoms with Crippen LogP contribution in [0.5, 0.6) is 0 Å². The molecular weight excluding hydrogens is 274 g/mol. The number of anilines is 2. The van der Waals surface area contributed by atoms with E-state index < -0.39 is 0 Å². The van der Waals surface area contributed by atoms with Crippen LogP contribution >= 0.6 is 0 Å². The van der Waals surface area contributed by atoms with E-state index in [4.69, 9.17) is 0 Å². The van der Waals surface area contributed by atoms with Crippen molar-refractivity contribution in [1.82, 2.24) is 15.2 Å². The zero-order valence-corrected chi connectivity index (χ0v) is 13.7. The zero-order chi connectivity index (χ0) is 15.8. The number of hydrogen-bond donors (Lipinski definition) is 1. The lowest BCUT2D eigenvalue weighted by molar-refractivity contribution is 0.727. The van der Waals surface area contributed by atoms with Crippen LogP contribution < -0.4 is 10.2 Å². The van der Waals surface area contributed by atoms with Crippen LogP contribution in [0.1, 0.15) is 37.8 Å². The molecule has 0 radical (unpaired) electrons. The second kappa shape index (κ2) is 8.32. The largest absolute Gasteiger partial charge is 0.355 e. The average Bonchev–Trinajstić information content (AvgIpc) is 2.54. The summed E-state index contributed by atoms with van der Waals surface area (Å²) in [7, 11) is 0. The van der Waals surface area contributed by atoms with Gasteiger partial charge in [0, 0.05) is 19.6 Å². The number of benzene rings is 1. The third-order valence-corrected chi connectivity index (χ3v) is 3.56. The predicted molar refractivity (Wildman–Crippen MR) is 91.1 cm³/mol. The molecule has 0 amide bonds. The lowest BCUT2D eigenvalue weighted by atomic mass is 10.1. The normalized spacial score (nSPS) is 10.5. The summed E-state index contributed by atoms with van der Waals surface area (Å²) in [6.45, 7) is 9.15. The molecule has 5 nitrogen and oxygen atoms in total. The molecule has 0 saturated carbocycles. The molecule has 0 aliphatic heterocycles. The number of hydrogen-bond acceptors (Lipinski definition) is 5. The SMILES string of the molecule is CCCN(CCC)c1cnnc(NCc2ccccc2C)n1. The molecule has 0 aliphatic rings. The molecule has 1 aromatic heterocycles. The second-order valence-electron chi connectivity index (χ2n) is 5.41. The molecule has 0 saturated heterocycles. The van der Waals surface area contributed by atoms with Crippen molar-refractivity contribution in [3.63, 3.8) is 0 Å². The highest BCUT2D eigenvalue weighted by atomic mass is 15.3. The van der Waals surface area contributed by atoms with Gasteiger partial charge < -0.3 is 10.2 Å². The van der Waals surface area contributed by atoms with Crippen molar-refractivity contribution in [3.8, 4) is 0 Å². The molecule has 2 rings (SSSR count). The summed E-state index contributed by atoms with van der Waals surface area (Å²) in [5, 5.41) is 11.4. The molecule has 2 aromatic rings. The predicted octanol–water partition coefficient (Wildman–Crippen LogP) is 3.42. The Morgan fingerprint density at radius 3 is 2.50 bits per heavy atom. The highest BCUT2D eigenvalue weighted by Crippen LogP contribution is 2.13. The minimum atomic E-state index is 0.581. The molecule has 1 heterocycles. The quantitative estimate of drug-likeness (QED) is 0.809. The van der Waals surface area contributed by atoms with E-state index in [-0.39, 0.29) is 0 Å². The molecule has 0 bridgehead atoms. The minimum Gasteiger partial charge on any atom is -0.355 e. The van der Waals surface area contributed by atoms with Gasteiger partial charge in [-0.2, -0.15) is 10.1 Å². The third-order valence-electron chi connectivity index (χ3n) is 3.56. The summed E-state index contributed by atoms with van der Waals surface area (Å²) in [6.07, 6.45) is 3.93. The molecule has 0 fully saturated rings. The topological polar surface area (TPSA) is 53.9 Å². The van der Waals surface area contributed by atoms with Crippen molar-refractivity contribution < 1.29 is 0 Å². The molecule has 1 aromatic carbocycles. The summed E-state index contributed by atoms with van der Waals surface area (Å²) in [5.41, 5.74) is 2.51. The fourth-order valence-electron chi connectivity index (χ4n) is 2.39. The maximum absolute atomic E-state index is 4.60. The van der Waals surface area contributed by atoms with Gasteiger partial charge in [0.2, 0.25) is 5.95 Å². The van der Waals surface area contributed by atoms with E-state index in [1.807, 2.05) is 12.1 Å². The highest BCUT2D eigenvalue weighted by molar-refractivity contribution is 5.40. The fraction of sp³-hybridized carbons (Fsp3) is 0.471. The van der Waals surface area contributed by atoms with Gasteiger partial charge in [-0.05, 0) is 30.9 Å². The summed E-state index contributed by atoms with van der Waals surface area (Å²) >= 11 is 0. The first kappa shape index (κ1) is 16.2. The number of rotatable bonds is 8. The van der Waals surface area contributed by atoms with Crippen molar-refractivity contribution in [3.05, 3.63) is 41.6 Å². The van der Waals surface area contributed by atoms with Crippen LogP contribution in [0.25, 0.3) is 0 Å². The Morgan fingerprint density at radius 2 is 1.82 bits per heavy atom. The van der Waals surface area contributed by atoms with E-state index in [1.165, 1.54) is 11.1 Å². The first-order valence-corrected chi connectivity index (χ1v) is 7.97. The Bertz CT molecular complexity index is 579. The van der Waals surface area contributed by atoms with Crippen molar-refractivity contribution >= 4 is 11.8 Å². The van der Waals surface area contributed by atoms with Crippen molar-refractivity contribution in [2.24, 2.45) is 0 Å². The number of aryl methyl sites for hydroxylation is 1. The van der Waals surface area contributed by atoms with Gasteiger partial charge in [0.25, 0.3) is 0 Å². The average molecular weight is 299 g/mol. The van der Waals surface area contributed by atoms with Crippen LogP contribution in [-0.2, 0) is 6.54 Å². The second-order valence-corrected chi connectivity index (χ2v) is 5.41. The number of nitrogens with one attached hydrogen (secondary N) is 1. The van der Waals surface area contributed by atoms with E-state index >= 15 is 0 Å². The third kappa shape index (κ3) is 4.41. The fourth-order valence-corrected chi connectivity index (χ4v) is 2.39. The van der Waals surface area contributed by atoms with Crippen molar-refractivity contribution in [1.29, 1.82) is 0 Å². The lowest BCUT2D eigenvalue weighted by Crippen LogP contribution is -2.26. The van der Waals surface area contributed by atoms with Crippen LogP contribution in [0, 0.1) is 6.92 Å². The standard InChI is InChI=1S/C17H25N5/c1-4-10-22(11-5-2)16-13-19-21-17(20-16)18-12-15-9-7-6-8-14(15)3/h6-9,13H,4-5,10-12H2,1-3H3,(H,18,20,21). The smallest absolute Gasteiger partial charge is 0.244 e. The van der Waals surface area contributed by atoms with Gasteiger partial charge in [0.1, 0.15) is 0 Å². The van der Waals surface area contributed by atoms with E-state index in [0.717, 1.165) is 31.7 Å². The van der Waals surface area contributed by atoms with Crippen LogP contribution in [0.15, 0.2) is 30.5 Å². The Kier molecular flexibility index (Phi) is 6.13. The first-order chi connectivity index (χ1) is 10.7. The van der Waals surface area contributed by atoms with Crippen LogP contribution in [0.2, 0.25) is 0 Å². The molecular formula is C17H25N5. The Balaban J connectivity index is 2.06. The molecule has 0 aliphatic carbocycles. The first-order valence-electron chi connectivity index (χ1n) is 7.97. The summed E-state index contributed by atoms with van der Waals surface area (Å²) < 4.78 is 0. The zero-order valence-electron chi connectivity index (χ0n) is 13.7. The molecule has 0 spiro atoms. The minimum absolute atomic E-state index is 0.581. The number of aromatic nitrogens is 3. The molecule has 0 atom stereocenters. The highest BCUT2D eigenvalue weighted by Gasteiger charge is 2.08. The van der Waals surface area contributed by atoms with Gasteiger partial charge in [-0.3, -0.25) is 0 Å². The van der Waals surface area contributed by atoms with Gasteiger partial charge in [-0.25, -0.2) is 0 Å². The lowest BCUT2D eigenvalue weighted by Gasteiger charge is -2.22. The molecule has 0 unspecified atom stereocenters. The van der Waals surface area contributed by atoms with Gasteiger partial charge in [-0.1, -0.05) is 38.1 Å². The van der Waals surface area contributed by atoms with E-state index in [9.17, 15) is 0 Å². The van der Waals surface area contributed by atoms with Gasteiger partial charge >= 0.3 is 0 Å². The molecule has 22 heavy (non-hydrogen) atoms.